The molecule has 108 valence electrons. The standard InChI is InChI=1S/C16H13BrClNO2/c1-21-13-5-2-11(3-6-13)16(20)8-9-19-15-7-4-12(17)10-14(15)18/h2-10,19H,1H3. The smallest absolute Gasteiger partial charge is 0.187 e. The maximum absolute atomic E-state index is 12.0. The Hall–Kier alpha value is -1.78. The van der Waals surface area contributed by atoms with Crippen molar-refractivity contribution in [3.05, 3.63) is 69.8 Å². The van der Waals surface area contributed by atoms with Gasteiger partial charge in [-0.3, -0.25) is 4.79 Å². The number of benzene rings is 2. The Balaban J connectivity index is 2.01. The summed E-state index contributed by atoms with van der Waals surface area (Å²) in [6, 6.07) is 12.4. The highest BCUT2D eigenvalue weighted by Crippen LogP contribution is 2.25. The van der Waals surface area contributed by atoms with Crippen LogP contribution in [0.2, 0.25) is 5.02 Å². The van der Waals surface area contributed by atoms with Crippen molar-refractivity contribution in [2.75, 3.05) is 12.4 Å². The predicted octanol–water partition coefficient (Wildman–Crippen LogP) is 4.92. The Morgan fingerprint density at radius 2 is 1.95 bits per heavy atom. The molecule has 2 rings (SSSR count). The lowest BCUT2D eigenvalue weighted by Gasteiger charge is -2.04. The molecule has 0 heterocycles. The van der Waals surface area contributed by atoms with Gasteiger partial charge in [0.1, 0.15) is 5.75 Å². The first-order valence-electron chi connectivity index (χ1n) is 6.16. The number of allylic oxidation sites excluding steroid dienone is 1. The van der Waals surface area contributed by atoms with Crippen molar-refractivity contribution >= 4 is 39.0 Å². The van der Waals surface area contributed by atoms with E-state index in [1.165, 1.54) is 6.08 Å². The fraction of sp³-hybridized carbons (Fsp3) is 0.0625. The van der Waals surface area contributed by atoms with Gasteiger partial charge >= 0.3 is 0 Å². The lowest BCUT2D eigenvalue weighted by atomic mass is 10.1. The number of carbonyl (C=O) groups excluding carboxylic acids is 1. The molecule has 2 aromatic carbocycles. The SMILES string of the molecule is COc1ccc(C(=O)C=CNc2ccc(Br)cc2Cl)cc1. The van der Waals surface area contributed by atoms with Crippen molar-refractivity contribution in [1.29, 1.82) is 0 Å². The first-order valence-corrected chi connectivity index (χ1v) is 7.34. The summed E-state index contributed by atoms with van der Waals surface area (Å²) in [5.41, 5.74) is 1.33. The van der Waals surface area contributed by atoms with Crippen molar-refractivity contribution in [2.45, 2.75) is 0 Å². The minimum absolute atomic E-state index is 0.0987. The zero-order valence-electron chi connectivity index (χ0n) is 11.3. The topological polar surface area (TPSA) is 38.3 Å². The average molecular weight is 367 g/mol. The molecule has 0 unspecified atom stereocenters. The third-order valence-corrected chi connectivity index (χ3v) is 3.59. The zero-order valence-corrected chi connectivity index (χ0v) is 13.6. The first kappa shape index (κ1) is 15.6. The van der Waals surface area contributed by atoms with Crippen molar-refractivity contribution < 1.29 is 9.53 Å². The van der Waals surface area contributed by atoms with Gasteiger partial charge in [0.05, 0.1) is 17.8 Å². The third kappa shape index (κ3) is 4.34. The summed E-state index contributed by atoms with van der Waals surface area (Å²) in [5.74, 6) is 0.619. The maximum atomic E-state index is 12.0. The summed E-state index contributed by atoms with van der Waals surface area (Å²) < 4.78 is 5.95. The summed E-state index contributed by atoms with van der Waals surface area (Å²) in [6.45, 7) is 0. The molecule has 0 aliphatic carbocycles. The van der Waals surface area contributed by atoms with Crippen LogP contribution < -0.4 is 10.1 Å². The minimum Gasteiger partial charge on any atom is -0.497 e. The largest absolute Gasteiger partial charge is 0.497 e. The summed E-state index contributed by atoms with van der Waals surface area (Å²) in [6.07, 6.45) is 3.03. The molecule has 21 heavy (non-hydrogen) atoms. The summed E-state index contributed by atoms with van der Waals surface area (Å²) >= 11 is 9.41. The fourth-order valence-corrected chi connectivity index (χ4v) is 2.39. The van der Waals surface area contributed by atoms with E-state index in [2.05, 4.69) is 21.2 Å². The number of ketones is 1. The molecule has 1 N–H and O–H groups in total. The Morgan fingerprint density at radius 3 is 2.57 bits per heavy atom. The van der Waals surface area contributed by atoms with Gasteiger partial charge in [0.25, 0.3) is 0 Å². The molecule has 0 radical (unpaired) electrons. The molecule has 0 atom stereocenters. The molecule has 5 heteroatoms. The molecular weight excluding hydrogens is 354 g/mol. The van der Waals surface area contributed by atoms with Gasteiger partial charge in [0.2, 0.25) is 0 Å². The molecule has 0 fully saturated rings. The van der Waals surface area contributed by atoms with Crippen LogP contribution in [0.25, 0.3) is 0 Å². The van der Waals surface area contributed by atoms with E-state index in [9.17, 15) is 4.79 Å². The normalized spacial score (nSPS) is 10.6. The molecule has 0 aromatic heterocycles. The van der Waals surface area contributed by atoms with Gasteiger partial charge in [-0.15, -0.1) is 0 Å². The van der Waals surface area contributed by atoms with E-state index >= 15 is 0 Å². The number of hydrogen-bond donors (Lipinski definition) is 1. The van der Waals surface area contributed by atoms with Crippen molar-refractivity contribution in [1.82, 2.24) is 0 Å². The second-order valence-electron chi connectivity index (χ2n) is 4.19. The second kappa shape index (κ2) is 7.29. The molecule has 0 saturated heterocycles. The molecule has 0 amide bonds. The molecular formula is C16H13BrClNO2. The monoisotopic (exact) mass is 365 g/mol. The van der Waals surface area contributed by atoms with Gasteiger partial charge in [0.15, 0.2) is 5.78 Å². The quantitative estimate of drug-likeness (QED) is 0.603. The maximum Gasteiger partial charge on any atom is 0.187 e. The number of methoxy groups -OCH3 is 1. The lowest BCUT2D eigenvalue weighted by molar-refractivity contribution is 0.104. The van der Waals surface area contributed by atoms with E-state index in [0.717, 1.165) is 15.9 Å². The van der Waals surface area contributed by atoms with Crippen molar-refractivity contribution in [2.24, 2.45) is 0 Å². The fourth-order valence-electron chi connectivity index (χ4n) is 1.67. The van der Waals surface area contributed by atoms with E-state index < -0.39 is 0 Å². The molecule has 0 saturated carbocycles. The van der Waals surface area contributed by atoms with E-state index in [1.54, 1.807) is 43.6 Å². The summed E-state index contributed by atoms with van der Waals surface area (Å²) in [4.78, 5) is 12.0. The highest BCUT2D eigenvalue weighted by atomic mass is 79.9. The van der Waals surface area contributed by atoms with Crippen LogP contribution in [-0.4, -0.2) is 12.9 Å². The van der Waals surface area contributed by atoms with Crippen molar-refractivity contribution in [3.8, 4) is 5.75 Å². The van der Waals surface area contributed by atoms with Crippen LogP contribution in [0.1, 0.15) is 10.4 Å². The van der Waals surface area contributed by atoms with E-state index in [1.807, 2.05) is 12.1 Å². The van der Waals surface area contributed by atoms with Gasteiger partial charge in [-0.25, -0.2) is 0 Å². The van der Waals surface area contributed by atoms with Crippen molar-refractivity contribution in [3.63, 3.8) is 0 Å². The predicted molar refractivity (Wildman–Crippen MR) is 89.2 cm³/mol. The van der Waals surface area contributed by atoms with Crippen LogP contribution in [-0.2, 0) is 0 Å². The van der Waals surface area contributed by atoms with Gasteiger partial charge in [-0.2, -0.15) is 0 Å². The Kier molecular flexibility index (Phi) is 5.42. The number of ether oxygens (including phenoxy) is 1. The van der Waals surface area contributed by atoms with Crippen LogP contribution in [0.4, 0.5) is 5.69 Å². The molecule has 3 nitrogen and oxygen atoms in total. The second-order valence-corrected chi connectivity index (χ2v) is 5.52. The number of rotatable bonds is 5. The lowest BCUT2D eigenvalue weighted by Crippen LogP contribution is -1.96. The van der Waals surface area contributed by atoms with Crippen LogP contribution >= 0.6 is 27.5 Å². The molecule has 0 bridgehead atoms. The van der Waals surface area contributed by atoms with E-state index in [0.29, 0.717) is 10.6 Å². The van der Waals surface area contributed by atoms with Crippen LogP contribution in [0.5, 0.6) is 5.75 Å². The zero-order chi connectivity index (χ0) is 15.2. The van der Waals surface area contributed by atoms with Gasteiger partial charge in [-0.1, -0.05) is 27.5 Å². The molecule has 0 spiro atoms. The van der Waals surface area contributed by atoms with Gasteiger partial charge in [-0.05, 0) is 42.5 Å². The van der Waals surface area contributed by atoms with Gasteiger partial charge < -0.3 is 10.1 Å². The minimum atomic E-state index is -0.0987. The Morgan fingerprint density at radius 1 is 1.24 bits per heavy atom. The highest BCUT2D eigenvalue weighted by molar-refractivity contribution is 9.10. The summed E-state index contributed by atoms with van der Waals surface area (Å²) in [7, 11) is 1.59. The van der Waals surface area contributed by atoms with Gasteiger partial charge in [0, 0.05) is 22.3 Å². The Labute approximate surface area is 136 Å². The number of anilines is 1. The molecule has 0 aliphatic heterocycles. The van der Waals surface area contributed by atoms with Crippen LogP contribution in [0, 0.1) is 0 Å². The number of nitrogens with one attached hydrogen (secondary N) is 1. The third-order valence-electron chi connectivity index (χ3n) is 2.78. The number of carbonyl (C=O) groups is 1. The Bertz CT molecular complexity index is 668. The highest BCUT2D eigenvalue weighted by Gasteiger charge is 2.02. The van der Waals surface area contributed by atoms with Crippen LogP contribution in [0.15, 0.2) is 59.2 Å². The number of hydrogen-bond acceptors (Lipinski definition) is 3. The van der Waals surface area contributed by atoms with E-state index in [-0.39, 0.29) is 5.78 Å². The average Bonchev–Trinajstić information content (AvgIpc) is 2.49. The molecule has 2 aromatic rings. The first-order chi connectivity index (χ1) is 10.1. The van der Waals surface area contributed by atoms with E-state index in [4.69, 9.17) is 16.3 Å². The summed E-state index contributed by atoms with van der Waals surface area (Å²) in [5, 5.41) is 3.56. The van der Waals surface area contributed by atoms with Crippen LogP contribution in [0.3, 0.4) is 0 Å². The number of halogens is 2. The molecule has 0 aliphatic rings.